The van der Waals surface area contributed by atoms with Gasteiger partial charge in [-0.1, -0.05) is 18.2 Å². The topological polar surface area (TPSA) is 145 Å². The van der Waals surface area contributed by atoms with Crippen LogP contribution in [0.5, 0.6) is 0 Å². The fraction of sp³-hybridized carbons (Fsp3) is 0.222. The van der Waals surface area contributed by atoms with Crippen LogP contribution in [0.1, 0.15) is 24.2 Å². The van der Waals surface area contributed by atoms with Gasteiger partial charge in [0.1, 0.15) is 6.54 Å². The summed E-state index contributed by atoms with van der Waals surface area (Å²) in [6.07, 6.45) is -0.339. The normalized spacial score (nSPS) is 11.0. The minimum Gasteiger partial charge on any atom is -0.462 e. The third-order valence-electron chi connectivity index (χ3n) is 3.52. The van der Waals surface area contributed by atoms with Crippen LogP contribution >= 0.6 is 0 Å². The molecule has 2 rings (SSSR count). The van der Waals surface area contributed by atoms with Crippen molar-refractivity contribution in [2.45, 2.75) is 24.8 Å². The molecule has 0 spiro atoms. The Morgan fingerprint density at radius 1 is 1.14 bits per heavy atom. The maximum absolute atomic E-state index is 12.6. The number of hydrogen-bond acceptors (Lipinski definition) is 7. The Balaban J connectivity index is 2.22. The van der Waals surface area contributed by atoms with Crippen LogP contribution in [0.15, 0.2) is 53.4 Å². The van der Waals surface area contributed by atoms with E-state index in [1.54, 1.807) is 13.8 Å². The van der Waals surface area contributed by atoms with Crippen molar-refractivity contribution in [1.82, 2.24) is 5.32 Å². The van der Waals surface area contributed by atoms with E-state index >= 15 is 0 Å². The van der Waals surface area contributed by atoms with Gasteiger partial charge in [0.2, 0.25) is 0 Å². The number of ether oxygens (including phenoxy) is 1. The summed E-state index contributed by atoms with van der Waals surface area (Å²) in [6.45, 7) is 2.94. The minimum absolute atomic E-state index is 0.0288. The fourth-order valence-electron chi connectivity index (χ4n) is 2.29. The molecule has 2 N–H and O–H groups in total. The molecule has 0 aliphatic rings. The lowest BCUT2D eigenvalue weighted by Gasteiger charge is -2.13. The average molecular weight is 421 g/mol. The van der Waals surface area contributed by atoms with Gasteiger partial charge < -0.3 is 10.1 Å². The van der Waals surface area contributed by atoms with Crippen LogP contribution in [0.25, 0.3) is 0 Å². The summed E-state index contributed by atoms with van der Waals surface area (Å²) in [5.41, 5.74) is -0.463. The second kappa shape index (κ2) is 9.15. The van der Waals surface area contributed by atoms with Crippen LogP contribution in [0.3, 0.4) is 0 Å². The molecular weight excluding hydrogens is 402 g/mol. The molecule has 0 saturated carbocycles. The van der Waals surface area contributed by atoms with Crippen molar-refractivity contribution in [2.24, 2.45) is 0 Å². The Kier molecular flexibility index (Phi) is 6.89. The first-order valence-electron chi connectivity index (χ1n) is 8.44. The highest BCUT2D eigenvalue weighted by molar-refractivity contribution is 7.92. The summed E-state index contributed by atoms with van der Waals surface area (Å²) in [6, 6.07) is 10.3. The van der Waals surface area contributed by atoms with Crippen LogP contribution in [0.2, 0.25) is 0 Å². The molecule has 0 aliphatic carbocycles. The van der Waals surface area contributed by atoms with E-state index in [-0.39, 0.29) is 34.5 Å². The standard InChI is InChI=1S/C18H19N3O7S/c1-12(2)28-17(22)11-19-18(23)15-8-3-4-9-16(15)20-29(26,27)14-7-5-6-13(10-14)21(24)25/h3-10,12,20H,11H2,1-2H3,(H,19,23). The van der Waals surface area contributed by atoms with Crippen LogP contribution in [-0.2, 0) is 19.6 Å². The first kappa shape index (κ1) is 21.8. The van der Waals surface area contributed by atoms with E-state index in [1.807, 2.05) is 0 Å². The minimum atomic E-state index is -4.20. The second-order valence-corrected chi connectivity index (χ2v) is 7.81. The summed E-state index contributed by atoms with van der Waals surface area (Å²) in [7, 11) is -4.20. The number of nitrogens with zero attached hydrogens (tertiary/aromatic N) is 1. The molecule has 11 heteroatoms. The predicted octanol–water partition coefficient (Wildman–Crippen LogP) is 2.08. The van der Waals surface area contributed by atoms with E-state index in [0.717, 1.165) is 12.1 Å². The second-order valence-electron chi connectivity index (χ2n) is 6.13. The maximum atomic E-state index is 12.6. The zero-order valence-corrected chi connectivity index (χ0v) is 16.4. The van der Waals surface area contributed by atoms with Crippen molar-refractivity contribution < 1.29 is 27.7 Å². The molecule has 0 atom stereocenters. The summed E-state index contributed by atoms with van der Waals surface area (Å²) in [4.78, 5) is 33.8. The first-order chi connectivity index (χ1) is 13.6. The summed E-state index contributed by atoms with van der Waals surface area (Å²) >= 11 is 0. The van der Waals surface area contributed by atoms with Crippen LogP contribution in [0, 0.1) is 10.1 Å². The Morgan fingerprint density at radius 2 is 1.83 bits per heavy atom. The van der Waals surface area contributed by atoms with E-state index < -0.39 is 26.8 Å². The number of rotatable bonds is 8. The molecule has 0 fully saturated rings. The van der Waals surface area contributed by atoms with Gasteiger partial charge in [0.25, 0.3) is 21.6 Å². The first-order valence-corrected chi connectivity index (χ1v) is 9.92. The van der Waals surface area contributed by atoms with Gasteiger partial charge in [0.15, 0.2) is 0 Å². The number of anilines is 1. The molecule has 0 bridgehead atoms. The molecule has 0 unspecified atom stereocenters. The van der Waals surface area contributed by atoms with Crippen LogP contribution in [-0.4, -0.2) is 37.9 Å². The van der Waals surface area contributed by atoms with Gasteiger partial charge in [-0.25, -0.2) is 8.42 Å². The van der Waals surface area contributed by atoms with E-state index in [0.29, 0.717) is 0 Å². The van der Waals surface area contributed by atoms with Crippen molar-refractivity contribution in [3.8, 4) is 0 Å². The zero-order valence-electron chi connectivity index (χ0n) is 15.6. The molecule has 0 aromatic heterocycles. The number of carbonyl (C=O) groups excluding carboxylic acids is 2. The number of nitrogens with one attached hydrogen (secondary N) is 2. The fourth-order valence-corrected chi connectivity index (χ4v) is 3.41. The number of nitro benzene ring substituents is 1. The van der Waals surface area contributed by atoms with Gasteiger partial charge in [0.05, 0.1) is 27.2 Å². The monoisotopic (exact) mass is 421 g/mol. The number of para-hydroxylation sites is 1. The molecule has 29 heavy (non-hydrogen) atoms. The average Bonchev–Trinajstić information content (AvgIpc) is 2.66. The summed E-state index contributed by atoms with van der Waals surface area (Å²) < 4.78 is 32.4. The van der Waals surface area contributed by atoms with E-state index in [4.69, 9.17) is 4.74 Å². The van der Waals surface area contributed by atoms with Gasteiger partial charge in [0, 0.05) is 12.1 Å². The van der Waals surface area contributed by atoms with E-state index in [2.05, 4.69) is 10.0 Å². The molecule has 2 aromatic rings. The van der Waals surface area contributed by atoms with Gasteiger partial charge >= 0.3 is 5.97 Å². The number of amides is 1. The SMILES string of the molecule is CC(C)OC(=O)CNC(=O)c1ccccc1NS(=O)(=O)c1cccc([N+](=O)[O-])c1. The van der Waals surface area contributed by atoms with Gasteiger partial charge in [-0.2, -0.15) is 0 Å². The van der Waals surface area contributed by atoms with Crippen molar-refractivity contribution in [1.29, 1.82) is 0 Å². The third kappa shape index (κ3) is 6.01. The van der Waals surface area contributed by atoms with Crippen molar-refractivity contribution in [3.63, 3.8) is 0 Å². The number of hydrogen-bond donors (Lipinski definition) is 2. The van der Waals surface area contributed by atoms with Gasteiger partial charge in [-0.15, -0.1) is 0 Å². The van der Waals surface area contributed by atoms with Crippen molar-refractivity contribution in [3.05, 3.63) is 64.2 Å². The highest BCUT2D eigenvalue weighted by atomic mass is 32.2. The van der Waals surface area contributed by atoms with E-state index in [9.17, 15) is 28.1 Å². The lowest BCUT2D eigenvalue weighted by molar-refractivity contribution is -0.385. The Morgan fingerprint density at radius 3 is 2.48 bits per heavy atom. The molecule has 154 valence electrons. The molecule has 0 radical (unpaired) electrons. The Bertz CT molecular complexity index is 1040. The van der Waals surface area contributed by atoms with Crippen molar-refractivity contribution >= 4 is 33.3 Å². The predicted molar refractivity (Wildman–Crippen MR) is 104 cm³/mol. The number of nitro groups is 1. The van der Waals surface area contributed by atoms with E-state index in [1.165, 1.54) is 36.4 Å². The molecule has 0 saturated heterocycles. The number of sulfonamides is 1. The smallest absolute Gasteiger partial charge is 0.325 e. The number of esters is 1. The molecular formula is C18H19N3O7S. The quantitative estimate of drug-likeness (QED) is 0.377. The third-order valence-corrected chi connectivity index (χ3v) is 4.88. The molecule has 10 nitrogen and oxygen atoms in total. The summed E-state index contributed by atoms with van der Waals surface area (Å²) in [5, 5.41) is 13.2. The lowest BCUT2D eigenvalue weighted by atomic mass is 10.1. The van der Waals surface area contributed by atoms with Gasteiger partial charge in [-0.05, 0) is 32.0 Å². The largest absolute Gasteiger partial charge is 0.462 e. The molecule has 0 heterocycles. The van der Waals surface area contributed by atoms with Gasteiger partial charge in [-0.3, -0.25) is 24.4 Å². The van der Waals surface area contributed by atoms with Crippen molar-refractivity contribution in [2.75, 3.05) is 11.3 Å². The number of benzene rings is 2. The van der Waals surface area contributed by atoms with Crippen LogP contribution in [0.4, 0.5) is 11.4 Å². The highest BCUT2D eigenvalue weighted by Gasteiger charge is 2.21. The maximum Gasteiger partial charge on any atom is 0.325 e. The molecule has 1 amide bonds. The van der Waals surface area contributed by atoms with Crippen LogP contribution < -0.4 is 10.0 Å². The molecule has 0 aliphatic heterocycles. The Labute approximate surface area is 167 Å². The highest BCUT2D eigenvalue weighted by Crippen LogP contribution is 2.22. The number of carbonyl (C=O) groups is 2. The lowest BCUT2D eigenvalue weighted by Crippen LogP contribution is -2.32. The zero-order chi connectivity index (χ0) is 21.6. The Hall–Kier alpha value is -3.47. The number of non-ortho nitro benzene ring substituents is 1. The summed E-state index contributed by atoms with van der Waals surface area (Å²) in [5.74, 6) is -1.33. The molecule has 2 aromatic carbocycles.